The van der Waals surface area contributed by atoms with Gasteiger partial charge in [-0.2, -0.15) is 0 Å². The third kappa shape index (κ3) is 3.93. The molecular formula is C28H43NO. The molecule has 2 aliphatic rings. The van der Waals surface area contributed by atoms with Crippen LogP contribution in [0.3, 0.4) is 0 Å². The Hall–Kier alpha value is -1.41. The van der Waals surface area contributed by atoms with E-state index in [9.17, 15) is 5.11 Å². The fourth-order valence-electron chi connectivity index (χ4n) is 5.97. The normalized spacial score (nSPS) is 33.0. The third-order valence-corrected chi connectivity index (χ3v) is 9.21. The lowest BCUT2D eigenvalue weighted by molar-refractivity contribution is 0.0251. The predicted octanol–water partition coefficient (Wildman–Crippen LogP) is 7.60. The van der Waals surface area contributed by atoms with E-state index in [2.05, 4.69) is 77.7 Å². The van der Waals surface area contributed by atoms with Crippen LogP contribution in [-0.2, 0) is 0 Å². The summed E-state index contributed by atoms with van der Waals surface area (Å²) in [6.07, 6.45) is 16.0. The van der Waals surface area contributed by atoms with Gasteiger partial charge in [-0.15, -0.1) is 0 Å². The molecule has 2 aliphatic carbocycles. The van der Waals surface area contributed by atoms with Crippen molar-refractivity contribution in [1.82, 2.24) is 4.98 Å². The Balaban J connectivity index is 1.87. The van der Waals surface area contributed by atoms with Crippen LogP contribution in [0.5, 0.6) is 0 Å². The summed E-state index contributed by atoms with van der Waals surface area (Å²) in [7, 11) is 0. The molecule has 2 nitrogen and oxygen atoms in total. The van der Waals surface area contributed by atoms with E-state index >= 15 is 0 Å². The molecule has 2 heteroatoms. The van der Waals surface area contributed by atoms with Crippen molar-refractivity contribution in [2.24, 2.45) is 21.7 Å². The molecule has 166 valence electrons. The molecule has 30 heavy (non-hydrogen) atoms. The Morgan fingerprint density at radius 2 is 1.97 bits per heavy atom. The maximum Gasteiger partial charge on any atom is 0.0577 e. The summed E-state index contributed by atoms with van der Waals surface area (Å²) in [5, 5.41) is 10.3. The van der Waals surface area contributed by atoms with Gasteiger partial charge < -0.3 is 5.11 Å². The number of nitrogens with zero attached hydrogens (tertiary/aromatic N) is 1. The highest BCUT2D eigenvalue weighted by molar-refractivity contribution is 5.72. The third-order valence-electron chi connectivity index (χ3n) is 9.21. The molecule has 1 heterocycles. The molecule has 1 saturated carbocycles. The zero-order valence-corrected chi connectivity index (χ0v) is 20.4. The van der Waals surface area contributed by atoms with Gasteiger partial charge in [0.1, 0.15) is 0 Å². The van der Waals surface area contributed by atoms with E-state index < -0.39 is 0 Å². The van der Waals surface area contributed by atoms with Gasteiger partial charge in [-0.25, -0.2) is 0 Å². The molecule has 0 spiro atoms. The number of aromatic nitrogens is 1. The first kappa shape index (κ1) is 23.3. The average molecular weight is 410 g/mol. The van der Waals surface area contributed by atoms with Gasteiger partial charge in [0.25, 0.3) is 0 Å². The summed E-state index contributed by atoms with van der Waals surface area (Å²) in [5.74, 6) is 0. The number of pyridine rings is 1. The summed E-state index contributed by atoms with van der Waals surface area (Å²) >= 11 is 0. The SMILES string of the molecule is CC/C=C1/C[C@@H](O)CC[C@]1(C)C(C)(C)CC[C@]1(C)C(c2cccnc2)=CCC1(C)C. The molecule has 0 aliphatic heterocycles. The molecule has 3 rings (SSSR count). The van der Waals surface area contributed by atoms with Gasteiger partial charge in [-0.3, -0.25) is 4.98 Å². The van der Waals surface area contributed by atoms with Gasteiger partial charge in [0, 0.05) is 12.4 Å². The Bertz CT molecular complexity index is 803. The first-order valence-electron chi connectivity index (χ1n) is 12.0. The van der Waals surface area contributed by atoms with Crippen molar-refractivity contribution < 1.29 is 5.11 Å². The molecule has 0 amide bonds. The lowest BCUT2D eigenvalue weighted by Crippen LogP contribution is -2.43. The second-order valence-corrected chi connectivity index (χ2v) is 11.5. The van der Waals surface area contributed by atoms with Crippen molar-refractivity contribution in [3.8, 4) is 0 Å². The fraction of sp³-hybridized carbons (Fsp3) is 0.679. The van der Waals surface area contributed by atoms with E-state index in [0.29, 0.717) is 0 Å². The molecule has 0 unspecified atom stereocenters. The highest BCUT2D eigenvalue weighted by Gasteiger charge is 2.51. The monoisotopic (exact) mass is 409 g/mol. The number of aliphatic hydroxyl groups excluding tert-OH is 1. The van der Waals surface area contributed by atoms with Crippen molar-refractivity contribution in [3.63, 3.8) is 0 Å². The number of allylic oxidation sites excluding steroid dienone is 3. The minimum atomic E-state index is -0.168. The average Bonchev–Trinajstić information content (AvgIpc) is 2.94. The van der Waals surface area contributed by atoms with Crippen LogP contribution in [0.1, 0.15) is 99.0 Å². The minimum absolute atomic E-state index is 0.131. The topological polar surface area (TPSA) is 33.1 Å². The summed E-state index contributed by atoms with van der Waals surface area (Å²) in [4.78, 5) is 4.40. The van der Waals surface area contributed by atoms with Crippen LogP contribution < -0.4 is 0 Å². The minimum Gasteiger partial charge on any atom is -0.393 e. The van der Waals surface area contributed by atoms with Crippen molar-refractivity contribution in [2.75, 3.05) is 0 Å². The van der Waals surface area contributed by atoms with Crippen LogP contribution in [0, 0.1) is 21.7 Å². The quantitative estimate of drug-likeness (QED) is 0.491. The van der Waals surface area contributed by atoms with Crippen LogP contribution in [0.25, 0.3) is 5.57 Å². The summed E-state index contributed by atoms with van der Waals surface area (Å²) < 4.78 is 0. The van der Waals surface area contributed by atoms with E-state index in [1.165, 1.54) is 29.6 Å². The van der Waals surface area contributed by atoms with Crippen LogP contribution in [0.2, 0.25) is 0 Å². The van der Waals surface area contributed by atoms with Crippen LogP contribution in [-0.4, -0.2) is 16.2 Å². The highest BCUT2D eigenvalue weighted by atomic mass is 16.3. The van der Waals surface area contributed by atoms with Gasteiger partial charge in [-0.1, -0.05) is 72.3 Å². The number of hydrogen-bond acceptors (Lipinski definition) is 2. The molecule has 1 aromatic rings. The number of rotatable bonds is 6. The van der Waals surface area contributed by atoms with E-state index in [4.69, 9.17) is 0 Å². The van der Waals surface area contributed by atoms with Crippen LogP contribution in [0.15, 0.2) is 42.3 Å². The van der Waals surface area contributed by atoms with E-state index in [1.807, 2.05) is 12.4 Å². The fourth-order valence-corrected chi connectivity index (χ4v) is 5.97. The maximum atomic E-state index is 10.3. The lowest BCUT2D eigenvalue weighted by atomic mass is 9.53. The summed E-state index contributed by atoms with van der Waals surface area (Å²) in [5.41, 5.74) is 4.93. The van der Waals surface area contributed by atoms with Crippen molar-refractivity contribution in [3.05, 3.63) is 47.8 Å². The number of aliphatic hydroxyl groups is 1. The highest BCUT2D eigenvalue weighted by Crippen LogP contribution is 2.62. The Labute approximate surface area is 184 Å². The van der Waals surface area contributed by atoms with E-state index in [-0.39, 0.29) is 27.8 Å². The molecule has 0 aromatic carbocycles. The molecular weight excluding hydrogens is 366 g/mol. The zero-order valence-electron chi connectivity index (χ0n) is 20.4. The maximum absolute atomic E-state index is 10.3. The second-order valence-electron chi connectivity index (χ2n) is 11.5. The largest absolute Gasteiger partial charge is 0.393 e. The molecule has 1 N–H and O–H groups in total. The molecule has 1 fully saturated rings. The van der Waals surface area contributed by atoms with Crippen molar-refractivity contribution >= 4 is 5.57 Å². The molecule has 3 atom stereocenters. The Morgan fingerprint density at radius 1 is 1.23 bits per heavy atom. The van der Waals surface area contributed by atoms with E-state index in [1.54, 1.807) is 0 Å². The van der Waals surface area contributed by atoms with E-state index in [0.717, 1.165) is 32.1 Å². The standard InChI is InChI=1S/C28H43NO/c1-8-10-22-19-23(30)12-15-27(22,6)26(4,5)16-17-28(7)24(13-14-25(28,2)3)21-11-9-18-29-20-21/h9-11,13,18,20,23,30H,8,12,14-17,19H2,1-7H3/b22-10-/t23-,27-,28+/m0/s1. The van der Waals surface area contributed by atoms with Gasteiger partial charge in [0.2, 0.25) is 0 Å². The van der Waals surface area contributed by atoms with Gasteiger partial charge in [0.15, 0.2) is 0 Å². The molecule has 1 aromatic heterocycles. The lowest BCUT2D eigenvalue weighted by Gasteiger charge is -2.52. The molecule has 0 saturated heterocycles. The molecule has 0 bridgehead atoms. The van der Waals surface area contributed by atoms with Crippen molar-refractivity contribution in [1.29, 1.82) is 0 Å². The van der Waals surface area contributed by atoms with Crippen LogP contribution >= 0.6 is 0 Å². The number of hydrogen-bond donors (Lipinski definition) is 1. The Kier molecular flexibility index (Phi) is 6.41. The van der Waals surface area contributed by atoms with Crippen molar-refractivity contribution in [2.45, 2.75) is 99.5 Å². The smallest absolute Gasteiger partial charge is 0.0577 e. The Morgan fingerprint density at radius 3 is 2.60 bits per heavy atom. The first-order chi connectivity index (χ1) is 14.0. The predicted molar refractivity (Wildman–Crippen MR) is 128 cm³/mol. The summed E-state index contributed by atoms with van der Waals surface area (Å²) in [6.45, 7) is 16.9. The first-order valence-corrected chi connectivity index (χ1v) is 12.0. The van der Waals surface area contributed by atoms with Gasteiger partial charge >= 0.3 is 0 Å². The van der Waals surface area contributed by atoms with Crippen LogP contribution in [0.4, 0.5) is 0 Å². The van der Waals surface area contributed by atoms with Gasteiger partial charge in [-0.05, 0) is 83.8 Å². The van der Waals surface area contributed by atoms with Gasteiger partial charge in [0.05, 0.1) is 6.10 Å². The summed E-state index contributed by atoms with van der Waals surface area (Å²) in [6, 6.07) is 4.28. The zero-order chi connectivity index (χ0) is 22.2. The second kappa shape index (κ2) is 8.26. The molecule has 0 radical (unpaired) electrons.